The van der Waals surface area contributed by atoms with Crippen molar-refractivity contribution < 1.29 is 22.7 Å². The standard InChI is InChI=1S/C21H23NO5S/c1-3-26-21(23)13-18-20-12-17(16-6-4-5-7-19(16)27-20)22(18)28(24,25)15-10-8-14(2)9-11-15/h4-11,17-18,20H,3,12-13H2,1-2H3. The van der Waals surface area contributed by atoms with E-state index in [0.29, 0.717) is 12.2 Å². The molecule has 7 heteroatoms. The average Bonchev–Trinajstić information content (AvgIpc) is 2.95. The Morgan fingerprint density at radius 2 is 1.89 bits per heavy atom. The normalized spacial score (nSPS) is 23.7. The Morgan fingerprint density at radius 3 is 2.61 bits per heavy atom. The highest BCUT2D eigenvalue weighted by Crippen LogP contribution is 2.49. The summed E-state index contributed by atoms with van der Waals surface area (Å²) in [5, 5.41) is 0. The van der Waals surface area contributed by atoms with Crippen LogP contribution in [0.25, 0.3) is 0 Å². The van der Waals surface area contributed by atoms with Gasteiger partial charge in [0.05, 0.1) is 30.0 Å². The number of para-hydroxylation sites is 1. The van der Waals surface area contributed by atoms with E-state index in [2.05, 4.69) is 0 Å². The molecule has 0 saturated carbocycles. The van der Waals surface area contributed by atoms with Gasteiger partial charge in [-0.2, -0.15) is 4.31 Å². The second-order valence-corrected chi connectivity index (χ2v) is 9.01. The fourth-order valence-corrected chi connectivity index (χ4v) is 5.91. The summed E-state index contributed by atoms with van der Waals surface area (Å²) in [5.41, 5.74) is 1.82. The van der Waals surface area contributed by atoms with Gasteiger partial charge in [0.25, 0.3) is 0 Å². The van der Waals surface area contributed by atoms with Gasteiger partial charge >= 0.3 is 5.97 Å². The maximum absolute atomic E-state index is 13.6. The summed E-state index contributed by atoms with van der Waals surface area (Å²) < 4.78 is 39.8. The number of rotatable bonds is 5. The molecule has 2 heterocycles. The summed E-state index contributed by atoms with van der Waals surface area (Å²) in [6, 6.07) is 13.3. The van der Waals surface area contributed by atoms with Crippen LogP contribution >= 0.6 is 0 Å². The molecular weight excluding hydrogens is 378 g/mol. The van der Waals surface area contributed by atoms with Crippen molar-refractivity contribution in [3.63, 3.8) is 0 Å². The SMILES string of the molecule is CCOC(=O)CC1C2CC(c3ccccc3O2)N1S(=O)(=O)c1ccc(C)cc1. The van der Waals surface area contributed by atoms with Crippen LogP contribution in [0.1, 0.15) is 36.9 Å². The zero-order valence-corrected chi connectivity index (χ0v) is 16.7. The van der Waals surface area contributed by atoms with Crippen molar-refractivity contribution in [3.8, 4) is 5.75 Å². The van der Waals surface area contributed by atoms with Crippen molar-refractivity contribution in [1.29, 1.82) is 0 Å². The number of nitrogens with zero attached hydrogens (tertiary/aromatic N) is 1. The van der Waals surface area contributed by atoms with E-state index in [4.69, 9.17) is 9.47 Å². The number of hydrogen-bond donors (Lipinski definition) is 0. The highest BCUT2D eigenvalue weighted by atomic mass is 32.2. The molecule has 0 radical (unpaired) electrons. The Bertz CT molecular complexity index is 986. The van der Waals surface area contributed by atoms with Crippen LogP contribution in [0.2, 0.25) is 0 Å². The molecule has 28 heavy (non-hydrogen) atoms. The second-order valence-electron chi connectivity index (χ2n) is 7.17. The molecule has 1 saturated heterocycles. The molecule has 2 aromatic rings. The van der Waals surface area contributed by atoms with Crippen molar-refractivity contribution in [1.82, 2.24) is 4.31 Å². The maximum atomic E-state index is 13.6. The summed E-state index contributed by atoms with van der Waals surface area (Å²) >= 11 is 0. The topological polar surface area (TPSA) is 72.9 Å². The van der Waals surface area contributed by atoms with Crippen molar-refractivity contribution in [2.45, 2.75) is 49.8 Å². The van der Waals surface area contributed by atoms with Crippen molar-refractivity contribution in [2.24, 2.45) is 0 Å². The van der Waals surface area contributed by atoms with Gasteiger partial charge in [-0.3, -0.25) is 4.79 Å². The fourth-order valence-electron chi connectivity index (χ4n) is 4.08. The molecule has 2 aliphatic heterocycles. The minimum absolute atomic E-state index is 0.0336. The van der Waals surface area contributed by atoms with E-state index in [1.165, 1.54) is 4.31 Å². The Balaban J connectivity index is 1.78. The molecule has 6 nitrogen and oxygen atoms in total. The van der Waals surface area contributed by atoms with E-state index in [9.17, 15) is 13.2 Å². The number of fused-ring (bicyclic) bond motifs is 4. The smallest absolute Gasteiger partial charge is 0.307 e. The third-order valence-corrected chi connectivity index (χ3v) is 7.30. The lowest BCUT2D eigenvalue weighted by molar-refractivity contribution is -0.144. The molecule has 0 spiro atoms. The fraction of sp³-hybridized carbons (Fsp3) is 0.381. The summed E-state index contributed by atoms with van der Waals surface area (Å²) in [7, 11) is -3.82. The molecule has 0 N–H and O–H groups in total. The number of sulfonamides is 1. The Hall–Kier alpha value is -2.38. The molecule has 1 fully saturated rings. The summed E-state index contributed by atoms with van der Waals surface area (Å²) in [6.07, 6.45) is 0.102. The molecule has 0 amide bonds. The van der Waals surface area contributed by atoms with Gasteiger partial charge in [-0.05, 0) is 32.0 Å². The summed E-state index contributed by atoms with van der Waals surface area (Å²) in [6.45, 7) is 3.90. The van der Waals surface area contributed by atoms with Crippen molar-refractivity contribution in [3.05, 3.63) is 59.7 Å². The number of carbonyl (C=O) groups excluding carboxylic acids is 1. The average molecular weight is 401 g/mol. The number of esters is 1. The van der Waals surface area contributed by atoms with Crippen LogP contribution in [0, 0.1) is 6.92 Å². The molecule has 2 bridgehead atoms. The van der Waals surface area contributed by atoms with Gasteiger partial charge in [0.15, 0.2) is 0 Å². The molecule has 0 aliphatic carbocycles. The lowest BCUT2D eigenvalue weighted by Gasteiger charge is -2.28. The number of hydrogen-bond acceptors (Lipinski definition) is 5. The second kappa shape index (κ2) is 7.22. The Morgan fingerprint density at radius 1 is 1.18 bits per heavy atom. The Kier molecular flexibility index (Phi) is 4.89. The van der Waals surface area contributed by atoms with Gasteiger partial charge in [0, 0.05) is 12.0 Å². The van der Waals surface area contributed by atoms with E-state index in [-0.39, 0.29) is 30.1 Å². The third-order valence-electron chi connectivity index (χ3n) is 5.35. The first-order valence-corrected chi connectivity index (χ1v) is 10.9. The summed E-state index contributed by atoms with van der Waals surface area (Å²) in [4.78, 5) is 12.4. The van der Waals surface area contributed by atoms with E-state index in [1.54, 1.807) is 31.2 Å². The van der Waals surface area contributed by atoms with Crippen LogP contribution in [0.3, 0.4) is 0 Å². The predicted molar refractivity (Wildman–Crippen MR) is 103 cm³/mol. The minimum Gasteiger partial charge on any atom is -0.488 e. The first-order valence-electron chi connectivity index (χ1n) is 9.43. The molecule has 3 unspecified atom stereocenters. The highest BCUT2D eigenvalue weighted by molar-refractivity contribution is 7.89. The number of ether oxygens (including phenoxy) is 2. The number of benzene rings is 2. The third kappa shape index (κ3) is 3.18. The van der Waals surface area contributed by atoms with E-state index in [0.717, 1.165) is 11.1 Å². The lowest BCUT2D eigenvalue weighted by Crippen LogP contribution is -2.42. The van der Waals surface area contributed by atoms with Crippen molar-refractivity contribution >= 4 is 16.0 Å². The lowest BCUT2D eigenvalue weighted by atomic mass is 9.99. The summed E-state index contributed by atoms with van der Waals surface area (Å²) in [5.74, 6) is 0.260. The van der Waals surface area contributed by atoms with Crippen LogP contribution < -0.4 is 4.74 Å². The van der Waals surface area contributed by atoms with Gasteiger partial charge in [0.2, 0.25) is 10.0 Å². The van der Waals surface area contributed by atoms with Gasteiger partial charge in [-0.1, -0.05) is 35.9 Å². The zero-order valence-electron chi connectivity index (χ0n) is 15.9. The number of aryl methyl sites for hydroxylation is 1. The minimum atomic E-state index is -3.82. The predicted octanol–water partition coefficient (Wildman–Crippen LogP) is 3.21. The van der Waals surface area contributed by atoms with Gasteiger partial charge in [-0.25, -0.2) is 8.42 Å². The molecule has 3 atom stereocenters. The molecule has 2 aliphatic rings. The van der Waals surface area contributed by atoms with Crippen LogP contribution in [0.15, 0.2) is 53.4 Å². The molecule has 4 rings (SSSR count). The van der Waals surface area contributed by atoms with E-state index < -0.39 is 22.0 Å². The van der Waals surface area contributed by atoms with Crippen LogP contribution in [0.5, 0.6) is 5.75 Å². The molecule has 2 aromatic carbocycles. The zero-order chi connectivity index (χ0) is 19.9. The van der Waals surface area contributed by atoms with Gasteiger partial charge in [0.1, 0.15) is 11.9 Å². The van der Waals surface area contributed by atoms with Crippen LogP contribution in [-0.2, 0) is 19.6 Å². The molecule has 0 aromatic heterocycles. The molecule has 148 valence electrons. The van der Waals surface area contributed by atoms with Crippen LogP contribution in [0.4, 0.5) is 0 Å². The van der Waals surface area contributed by atoms with Gasteiger partial charge < -0.3 is 9.47 Å². The quantitative estimate of drug-likeness (QED) is 0.720. The van der Waals surface area contributed by atoms with Gasteiger partial charge in [-0.15, -0.1) is 0 Å². The number of carbonyl (C=O) groups is 1. The molecular formula is C21H23NO5S. The first-order chi connectivity index (χ1) is 13.4. The van der Waals surface area contributed by atoms with E-state index in [1.807, 2.05) is 31.2 Å². The monoisotopic (exact) mass is 401 g/mol. The highest BCUT2D eigenvalue weighted by Gasteiger charge is 2.53. The van der Waals surface area contributed by atoms with Crippen molar-refractivity contribution in [2.75, 3.05) is 6.61 Å². The maximum Gasteiger partial charge on any atom is 0.307 e. The van der Waals surface area contributed by atoms with Crippen LogP contribution in [-0.4, -0.2) is 37.4 Å². The van der Waals surface area contributed by atoms with E-state index >= 15 is 0 Å². The first kappa shape index (κ1) is 19.0. The Labute approximate surface area is 165 Å². The largest absolute Gasteiger partial charge is 0.488 e.